The molecule has 2 N–H and O–H groups in total. The summed E-state index contributed by atoms with van der Waals surface area (Å²) in [7, 11) is 3.41. The van der Waals surface area contributed by atoms with Crippen LogP contribution >= 0.6 is 0 Å². The molecule has 1 saturated carbocycles. The normalized spacial score (nSPS) is 20.8. The Hall–Kier alpha value is -2.70. The van der Waals surface area contributed by atoms with Crippen LogP contribution < -0.4 is 15.4 Å². The third-order valence-corrected chi connectivity index (χ3v) is 5.29. The van der Waals surface area contributed by atoms with Crippen molar-refractivity contribution < 1.29 is 9.53 Å². The van der Waals surface area contributed by atoms with Crippen LogP contribution in [0.15, 0.2) is 18.5 Å². The smallest absolute Gasteiger partial charge is 0.256 e. The molecule has 2 aliphatic rings. The van der Waals surface area contributed by atoms with Crippen molar-refractivity contribution in [2.24, 2.45) is 0 Å². The Balaban J connectivity index is 1.41. The summed E-state index contributed by atoms with van der Waals surface area (Å²) in [5.41, 5.74) is 3.79. The number of nitrogens with zero attached hydrogens (tertiary/aromatic N) is 3. The molecule has 0 spiro atoms. The van der Waals surface area contributed by atoms with E-state index in [-0.39, 0.29) is 11.9 Å². The predicted molar refractivity (Wildman–Crippen MR) is 97.6 cm³/mol. The van der Waals surface area contributed by atoms with Gasteiger partial charge in [-0.1, -0.05) is 0 Å². The molecular formula is C19H23N5O2. The van der Waals surface area contributed by atoms with Gasteiger partial charge in [0.05, 0.1) is 7.11 Å². The lowest BCUT2D eigenvalue weighted by Gasteiger charge is -2.35. The molecule has 136 valence electrons. The maximum Gasteiger partial charge on any atom is 0.256 e. The topological polar surface area (TPSA) is 89.0 Å². The van der Waals surface area contributed by atoms with E-state index in [1.165, 1.54) is 5.56 Å². The second-order valence-corrected chi connectivity index (χ2v) is 6.92. The molecule has 2 aromatic rings. The molecule has 0 aliphatic heterocycles. The van der Waals surface area contributed by atoms with Crippen molar-refractivity contribution in [2.75, 3.05) is 19.5 Å². The Bertz CT molecular complexity index is 833. The molecule has 0 unspecified atom stereocenters. The number of hydrogen-bond donors (Lipinski definition) is 2. The number of anilines is 1. The Morgan fingerprint density at radius 1 is 1.23 bits per heavy atom. The molecule has 0 aromatic carbocycles. The SMILES string of the molecule is CNc1cc(C2CC(NC(=O)c3cc4c(nc3OC)CCC4)C2)ncn1. The second kappa shape index (κ2) is 6.90. The van der Waals surface area contributed by atoms with Crippen LogP contribution in [0.1, 0.15) is 52.5 Å². The maximum absolute atomic E-state index is 12.7. The molecule has 2 aromatic heterocycles. The Kier molecular flexibility index (Phi) is 4.44. The highest BCUT2D eigenvalue weighted by molar-refractivity contribution is 5.97. The van der Waals surface area contributed by atoms with Gasteiger partial charge in [0, 0.05) is 36.5 Å². The summed E-state index contributed by atoms with van der Waals surface area (Å²) in [6, 6.07) is 4.07. The van der Waals surface area contributed by atoms with E-state index in [1.807, 2.05) is 19.2 Å². The van der Waals surface area contributed by atoms with Crippen molar-refractivity contribution in [1.82, 2.24) is 20.3 Å². The third kappa shape index (κ3) is 3.09. The van der Waals surface area contributed by atoms with Crippen molar-refractivity contribution in [1.29, 1.82) is 0 Å². The zero-order valence-electron chi connectivity index (χ0n) is 15.1. The maximum atomic E-state index is 12.7. The number of carbonyl (C=O) groups excluding carboxylic acids is 1. The van der Waals surface area contributed by atoms with Gasteiger partial charge in [-0.05, 0) is 43.7 Å². The van der Waals surface area contributed by atoms with Crippen molar-refractivity contribution >= 4 is 11.7 Å². The van der Waals surface area contributed by atoms with Gasteiger partial charge >= 0.3 is 0 Å². The number of carbonyl (C=O) groups is 1. The molecule has 2 heterocycles. The zero-order chi connectivity index (χ0) is 18.1. The summed E-state index contributed by atoms with van der Waals surface area (Å²) in [6.45, 7) is 0. The predicted octanol–water partition coefficient (Wildman–Crippen LogP) is 2.09. The van der Waals surface area contributed by atoms with Gasteiger partial charge in [-0.15, -0.1) is 0 Å². The molecule has 0 bridgehead atoms. The summed E-state index contributed by atoms with van der Waals surface area (Å²) in [6.07, 6.45) is 6.38. The van der Waals surface area contributed by atoms with Crippen LogP contribution in [0.4, 0.5) is 5.82 Å². The van der Waals surface area contributed by atoms with E-state index in [4.69, 9.17) is 4.74 Å². The van der Waals surface area contributed by atoms with Crippen molar-refractivity contribution in [3.05, 3.63) is 41.0 Å². The first-order valence-corrected chi connectivity index (χ1v) is 9.05. The molecule has 7 nitrogen and oxygen atoms in total. The minimum absolute atomic E-state index is 0.105. The summed E-state index contributed by atoms with van der Waals surface area (Å²) < 4.78 is 5.35. The summed E-state index contributed by atoms with van der Waals surface area (Å²) in [4.78, 5) is 25.7. The number of amides is 1. The van der Waals surface area contributed by atoms with E-state index < -0.39 is 0 Å². The fourth-order valence-corrected chi connectivity index (χ4v) is 3.74. The van der Waals surface area contributed by atoms with E-state index >= 15 is 0 Å². The Morgan fingerprint density at radius 3 is 2.85 bits per heavy atom. The lowest BCUT2D eigenvalue weighted by molar-refractivity contribution is 0.0904. The van der Waals surface area contributed by atoms with Crippen molar-refractivity contribution in [3.8, 4) is 5.88 Å². The molecule has 0 atom stereocenters. The van der Waals surface area contributed by atoms with Crippen LogP contribution in [0, 0.1) is 0 Å². The monoisotopic (exact) mass is 353 g/mol. The number of fused-ring (bicyclic) bond motifs is 1. The first-order chi connectivity index (χ1) is 12.7. The lowest BCUT2D eigenvalue weighted by atomic mass is 9.78. The van der Waals surface area contributed by atoms with Gasteiger partial charge < -0.3 is 15.4 Å². The number of ether oxygens (including phenoxy) is 1. The summed E-state index contributed by atoms with van der Waals surface area (Å²) >= 11 is 0. The highest BCUT2D eigenvalue weighted by atomic mass is 16.5. The average Bonchev–Trinajstić information content (AvgIpc) is 3.10. The lowest BCUT2D eigenvalue weighted by Crippen LogP contribution is -2.43. The Morgan fingerprint density at radius 2 is 2.08 bits per heavy atom. The molecule has 7 heteroatoms. The fraction of sp³-hybridized carbons (Fsp3) is 0.474. The van der Waals surface area contributed by atoms with Crippen LogP contribution in [-0.4, -0.2) is 41.1 Å². The minimum Gasteiger partial charge on any atom is -0.480 e. The van der Waals surface area contributed by atoms with Gasteiger partial charge in [0.2, 0.25) is 5.88 Å². The van der Waals surface area contributed by atoms with E-state index in [0.717, 1.165) is 49.3 Å². The van der Waals surface area contributed by atoms with Crippen molar-refractivity contribution in [3.63, 3.8) is 0 Å². The number of hydrogen-bond acceptors (Lipinski definition) is 6. The van der Waals surface area contributed by atoms with Crippen LogP contribution in [-0.2, 0) is 12.8 Å². The van der Waals surface area contributed by atoms with Gasteiger partial charge in [-0.3, -0.25) is 4.79 Å². The van der Waals surface area contributed by atoms with Gasteiger partial charge in [-0.2, -0.15) is 0 Å². The molecule has 4 rings (SSSR count). The number of methoxy groups -OCH3 is 1. The molecule has 1 fully saturated rings. The van der Waals surface area contributed by atoms with Crippen LogP contribution in [0.5, 0.6) is 5.88 Å². The fourth-order valence-electron chi connectivity index (χ4n) is 3.74. The summed E-state index contributed by atoms with van der Waals surface area (Å²) in [5, 5.41) is 6.14. The minimum atomic E-state index is -0.105. The van der Waals surface area contributed by atoms with E-state index in [2.05, 4.69) is 25.6 Å². The largest absolute Gasteiger partial charge is 0.480 e. The quantitative estimate of drug-likeness (QED) is 0.856. The standard InChI is InChI=1S/C19H23N5O2/c1-20-17-9-16(21-10-22-17)12-6-13(7-12)23-18(25)14-8-11-4-3-5-15(11)24-19(14)26-2/h8-10,12-13H,3-7H2,1-2H3,(H,23,25)(H,20,21,22). The Labute approximate surface area is 152 Å². The van der Waals surface area contributed by atoms with Crippen LogP contribution in [0.2, 0.25) is 0 Å². The van der Waals surface area contributed by atoms with Gasteiger partial charge in [0.15, 0.2) is 0 Å². The van der Waals surface area contributed by atoms with Crippen molar-refractivity contribution in [2.45, 2.75) is 44.1 Å². The highest BCUT2D eigenvalue weighted by Crippen LogP contribution is 2.36. The van der Waals surface area contributed by atoms with Gasteiger partial charge in [-0.25, -0.2) is 15.0 Å². The van der Waals surface area contributed by atoms with E-state index in [9.17, 15) is 4.79 Å². The first kappa shape index (κ1) is 16.8. The molecule has 0 radical (unpaired) electrons. The zero-order valence-corrected chi connectivity index (χ0v) is 15.1. The molecule has 0 saturated heterocycles. The van der Waals surface area contributed by atoms with Crippen LogP contribution in [0.3, 0.4) is 0 Å². The second-order valence-electron chi connectivity index (χ2n) is 6.92. The van der Waals surface area contributed by atoms with E-state index in [0.29, 0.717) is 17.4 Å². The van der Waals surface area contributed by atoms with E-state index in [1.54, 1.807) is 13.4 Å². The van der Waals surface area contributed by atoms with Gasteiger partial charge in [0.25, 0.3) is 5.91 Å². The number of pyridine rings is 1. The van der Waals surface area contributed by atoms with Crippen LogP contribution in [0.25, 0.3) is 0 Å². The van der Waals surface area contributed by atoms with Gasteiger partial charge in [0.1, 0.15) is 17.7 Å². The number of aryl methyl sites for hydroxylation is 2. The molecule has 2 aliphatic carbocycles. The number of rotatable bonds is 5. The number of aromatic nitrogens is 3. The highest BCUT2D eigenvalue weighted by Gasteiger charge is 2.33. The summed E-state index contributed by atoms with van der Waals surface area (Å²) in [5.74, 6) is 1.49. The first-order valence-electron chi connectivity index (χ1n) is 9.05. The average molecular weight is 353 g/mol. The molecule has 1 amide bonds. The molecule has 26 heavy (non-hydrogen) atoms. The molecular weight excluding hydrogens is 330 g/mol. The third-order valence-electron chi connectivity index (χ3n) is 5.29. The number of nitrogens with one attached hydrogen (secondary N) is 2.